The van der Waals surface area contributed by atoms with Crippen molar-refractivity contribution in [2.24, 2.45) is 5.92 Å². The molecule has 0 N–H and O–H groups in total. The molecule has 0 saturated carbocycles. The SMILES string of the molecule is CC1=CCN(C(=O)C(C)C)C1. The number of amides is 1. The number of nitrogens with zero attached hydrogens (tertiary/aromatic N) is 1. The van der Waals surface area contributed by atoms with Crippen molar-refractivity contribution < 1.29 is 4.79 Å². The molecule has 0 unspecified atom stereocenters. The predicted octanol–water partition coefficient (Wildman–Crippen LogP) is 1.43. The number of carbonyl (C=O) groups is 1. The molecular weight excluding hydrogens is 138 g/mol. The van der Waals surface area contributed by atoms with Gasteiger partial charge in [-0.3, -0.25) is 4.79 Å². The number of hydrogen-bond donors (Lipinski definition) is 0. The molecule has 0 saturated heterocycles. The molecule has 1 rings (SSSR count). The van der Waals surface area contributed by atoms with Crippen LogP contribution in [0.4, 0.5) is 0 Å². The number of carbonyl (C=O) groups excluding carboxylic acids is 1. The van der Waals surface area contributed by atoms with Crippen LogP contribution in [0.25, 0.3) is 0 Å². The first-order chi connectivity index (χ1) is 5.11. The quantitative estimate of drug-likeness (QED) is 0.522. The lowest BCUT2D eigenvalue weighted by Gasteiger charge is -2.17. The summed E-state index contributed by atoms with van der Waals surface area (Å²) in [6, 6.07) is 0. The van der Waals surface area contributed by atoms with E-state index >= 15 is 0 Å². The van der Waals surface area contributed by atoms with Crippen LogP contribution in [0.5, 0.6) is 0 Å². The normalized spacial score (nSPS) is 17.5. The first-order valence-corrected chi connectivity index (χ1v) is 4.05. The Kier molecular flexibility index (Phi) is 2.32. The van der Waals surface area contributed by atoms with Gasteiger partial charge in [0, 0.05) is 19.0 Å². The summed E-state index contributed by atoms with van der Waals surface area (Å²) in [5, 5.41) is 0. The maximum Gasteiger partial charge on any atom is 0.225 e. The van der Waals surface area contributed by atoms with Crippen molar-refractivity contribution in [3.05, 3.63) is 11.6 Å². The molecule has 0 aromatic carbocycles. The lowest BCUT2D eigenvalue weighted by atomic mass is 10.2. The summed E-state index contributed by atoms with van der Waals surface area (Å²) in [4.78, 5) is 13.3. The second-order valence-corrected chi connectivity index (χ2v) is 3.42. The van der Waals surface area contributed by atoms with Crippen molar-refractivity contribution in [2.75, 3.05) is 13.1 Å². The first-order valence-electron chi connectivity index (χ1n) is 4.05. The highest BCUT2D eigenvalue weighted by atomic mass is 16.2. The van der Waals surface area contributed by atoms with E-state index in [1.54, 1.807) is 0 Å². The molecule has 62 valence electrons. The fourth-order valence-electron chi connectivity index (χ4n) is 1.23. The van der Waals surface area contributed by atoms with Gasteiger partial charge in [0.25, 0.3) is 0 Å². The Balaban J connectivity index is 2.47. The fourth-order valence-corrected chi connectivity index (χ4v) is 1.23. The topological polar surface area (TPSA) is 20.3 Å². The fraction of sp³-hybridized carbons (Fsp3) is 0.667. The highest BCUT2D eigenvalue weighted by molar-refractivity contribution is 5.79. The Hall–Kier alpha value is -0.790. The largest absolute Gasteiger partial charge is 0.335 e. The van der Waals surface area contributed by atoms with E-state index in [4.69, 9.17) is 0 Å². The summed E-state index contributed by atoms with van der Waals surface area (Å²) in [5.74, 6) is 0.396. The Labute approximate surface area is 67.9 Å². The van der Waals surface area contributed by atoms with E-state index in [-0.39, 0.29) is 11.8 Å². The third-order valence-corrected chi connectivity index (χ3v) is 1.91. The van der Waals surface area contributed by atoms with E-state index in [1.807, 2.05) is 18.7 Å². The van der Waals surface area contributed by atoms with Crippen molar-refractivity contribution in [1.29, 1.82) is 0 Å². The summed E-state index contributed by atoms with van der Waals surface area (Å²) in [7, 11) is 0. The van der Waals surface area contributed by atoms with Crippen LogP contribution in [0, 0.1) is 5.92 Å². The highest BCUT2D eigenvalue weighted by Crippen LogP contribution is 2.11. The maximum atomic E-state index is 11.4. The van der Waals surface area contributed by atoms with Crippen molar-refractivity contribution >= 4 is 5.91 Å². The van der Waals surface area contributed by atoms with Crippen molar-refractivity contribution in [2.45, 2.75) is 20.8 Å². The van der Waals surface area contributed by atoms with Gasteiger partial charge >= 0.3 is 0 Å². The second kappa shape index (κ2) is 3.07. The van der Waals surface area contributed by atoms with Gasteiger partial charge in [-0.2, -0.15) is 0 Å². The highest BCUT2D eigenvalue weighted by Gasteiger charge is 2.19. The molecule has 0 bridgehead atoms. The average Bonchev–Trinajstić information content (AvgIpc) is 2.34. The Morgan fingerprint density at radius 2 is 2.27 bits per heavy atom. The van der Waals surface area contributed by atoms with Crippen LogP contribution < -0.4 is 0 Å². The molecule has 1 amide bonds. The summed E-state index contributed by atoms with van der Waals surface area (Å²) in [5.41, 5.74) is 1.30. The zero-order valence-electron chi connectivity index (χ0n) is 7.42. The van der Waals surface area contributed by atoms with Crippen LogP contribution in [-0.4, -0.2) is 23.9 Å². The summed E-state index contributed by atoms with van der Waals surface area (Å²) >= 11 is 0. The zero-order valence-corrected chi connectivity index (χ0v) is 7.42. The van der Waals surface area contributed by atoms with Crippen molar-refractivity contribution in [3.63, 3.8) is 0 Å². The van der Waals surface area contributed by atoms with Gasteiger partial charge in [0.15, 0.2) is 0 Å². The van der Waals surface area contributed by atoms with Gasteiger partial charge in [0.05, 0.1) is 0 Å². The molecule has 2 nitrogen and oxygen atoms in total. The molecule has 1 aliphatic rings. The molecule has 1 heterocycles. The molecule has 11 heavy (non-hydrogen) atoms. The average molecular weight is 153 g/mol. The van der Waals surface area contributed by atoms with Gasteiger partial charge in [-0.1, -0.05) is 25.5 Å². The molecule has 2 heteroatoms. The summed E-state index contributed by atoms with van der Waals surface area (Å²) in [6.07, 6.45) is 2.11. The van der Waals surface area contributed by atoms with Gasteiger partial charge in [-0.05, 0) is 6.92 Å². The Morgan fingerprint density at radius 1 is 1.64 bits per heavy atom. The number of rotatable bonds is 1. The van der Waals surface area contributed by atoms with E-state index in [0.29, 0.717) is 0 Å². The van der Waals surface area contributed by atoms with E-state index in [2.05, 4.69) is 13.0 Å². The van der Waals surface area contributed by atoms with Gasteiger partial charge in [-0.15, -0.1) is 0 Å². The predicted molar refractivity (Wildman–Crippen MR) is 45.2 cm³/mol. The molecule has 0 spiro atoms. The summed E-state index contributed by atoms with van der Waals surface area (Å²) in [6.45, 7) is 7.58. The lowest BCUT2D eigenvalue weighted by Crippen LogP contribution is -2.32. The minimum absolute atomic E-state index is 0.134. The van der Waals surface area contributed by atoms with Crippen LogP contribution in [-0.2, 0) is 4.79 Å². The second-order valence-electron chi connectivity index (χ2n) is 3.42. The number of hydrogen-bond acceptors (Lipinski definition) is 1. The molecule has 0 aromatic heterocycles. The Morgan fingerprint density at radius 3 is 2.64 bits per heavy atom. The molecule has 0 atom stereocenters. The van der Waals surface area contributed by atoms with Crippen LogP contribution in [0.2, 0.25) is 0 Å². The Bertz CT molecular complexity index is 194. The third kappa shape index (κ3) is 1.82. The van der Waals surface area contributed by atoms with E-state index < -0.39 is 0 Å². The lowest BCUT2D eigenvalue weighted by molar-refractivity contribution is -0.133. The van der Waals surface area contributed by atoms with Gasteiger partial charge in [0.1, 0.15) is 0 Å². The van der Waals surface area contributed by atoms with Gasteiger partial charge < -0.3 is 4.90 Å². The monoisotopic (exact) mass is 153 g/mol. The van der Waals surface area contributed by atoms with E-state index in [1.165, 1.54) is 5.57 Å². The van der Waals surface area contributed by atoms with Gasteiger partial charge in [-0.25, -0.2) is 0 Å². The van der Waals surface area contributed by atoms with E-state index in [9.17, 15) is 4.79 Å². The maximum absolute atomic E-state index is 11.4. The van der Waals surface area contributed by atoms with Crippen LogP contribution >= 0.6 is 0 Å². The van der Waals surface area contributed by atoms with Crippen molar-refractivity contribution in [1.82, 2.24) is 4.90 Å². The van der Waals surface area contributed by atoms with Crippen molar-refractivity contribution in [3.8, 4) is 0 Å². The van der Waals surface area contributed by atoms with Gasteiger partial charge in [0.2, 0.25) is 5.91 Å². The molecule has 0 fully saturated rings. The molecule has 0 aromatic rings. The molecule has 0 aliphatic carbocycles. The molecular formula is C9H15NO. The van der Waals surface area contributed by atoms with E-state index in [0.717, 1.165) is 13.1 Å². The molecule has 1 aliphatic heterocycles. The van der Waals surface area contributed by atoms with Crippen LogP contribution in [0.3, 0.4) is 0 Å². The summed E-state index contributed by atoms with van der Waals surface area (Å²) < 4.78 is 0. The van der Waals surface area contributed by atoms with Crippen LogP contribution in [0.15, 0.2) is 11.6 Å². The standard InChI is InChI=1S/C9H15NO/c1-7(2)9(11)10-5-4-8(3)6-10/h4,7H,5-6H2,1-3H3. The minimum Gasteiger partial charge on any atom is -0.335 e. The minimum atomic E-state index is 0.134. The van der Waals surface area contributed by atoms with Crippen LogP contribution in [0.1, 0.15) is 20.8 Å². The smallest absolute Gasteiger partial charge is 0.225 e. The first kappa shape index (κ1) is 8.31. The molecule has 0 radical (unpaired) electrons. The zero-order chi connectivity index (χ0) is 8.43. The third-order valence-electron chi connectivity index (χ3n) is 1.91.